The van der Waals surface area contributed by atoms with E-state index in [0.717, 1.165) is 24.8 Å². The Labute approximate surface area is 103 Å². The van der Waals surface area contributed by atoms with Gasteiger partial charge in [0.15, 0.2) is 5.76 Å². The number of aliphatic hydroxyl groups excluding tert-OH is 1. The molecule has 2 atom stereocenters. The summed E-state index contributed by atoms with van der Waals surface area (Å²) in [5, 5.41) is 9.69. The summed E-state index contributed by atoms with van der Waals surface area (Å²) in [6.07, 6.45) is 4.72. The zero-order valence-electron chi connectivity index (χ0n) is 10.8. The van der Waals surface area contributed by atoms with Gasteiger partial charge in [-0.1, -0.05) is 24.6 Å². The van der Waals surface area contributed by atoms with E-state index in [-0.39, 0.29) is 17.0 Å². The smallest absolute Gasteiger partial charge is 0.222 e. The molecule has 0 heterocycles. The van der Waals surface area contributed by atoms with Crippen LogP contribution in [-0.4, -0.2) is 10.9 Å². The molecule has 0 radical (unpaired) electrons. The number of hydrogen-bond donors (Lipinski definition) is 1. The van der Waals surface area contributed by atoms with Gasteiger partial charge in [-0.15, -0.1) is 0 Å². The second-order valence-corrected chi connectivity index (χ2v) is 5.67. The summed E-state index contributed by atoms with van der Waals surface area (Å²) in [7, 11) is 0. The number of carbonyl (C=O) groups excluding carboxylic acids is 1. The molecule has 2 aliphatic rings. The van der Waals surface area contributed by atoms with Crippen molar-refractivity contribution < 1.29 is 9.90 Å². The summed E-state index contributed by atoms with van der Waals surface area (Å²) in [6.45, 7) is 10.0. The molecule has 17 heavy (non-hydrogen) atoms. The Hall–Kier alpha value is -1.31. The van der Waals surface area contributed by atoms with Crippen LogP contribution in [0, 0.1) is 11.3 Å². The van der Waals surface area contributed by atoms with E-state index in [2.05, 4.69) is 20.4 Å². The van der Waals surface area contributed by atoms with E-state index < -0.39 is 0 Å². The summed E-state index contributed by atoms with van der Waals surface area (Å²) < 4.78 is 0. The van der Waals surface area contributed by atoms with Crippen LogP contribution in [0.15, 0.2) is 35.1 Å². The van der Waals surface area contributed by atoms with E-state index in [1.807, 2.05) is 6.92 Å². The lowest BCUT2D eigenvalue weighted by Crippen LogP contribution is -2.32. The van der Waals surface area contributed by atoms with Crippen molar-refractivity contribution in [1.29, 1.82) is 0 Å². The SMILES string of the molecule is C=C(C)C1CCC2(C)C=C(O)C(=O)C(C)=C2C1. The van der Waals surface area contributed by atoms with Crippen LogP contribution in [0.2, 0.25) is 0 Å². The molecule has 2 unspecified atom stereocenters. The van der Waals surface area contributed by atoms with Gasteiger partial charge >= 0.3 is 0 Å². The molecular formula is C15H20O2. The van der Waals surface area contributed by atoms with E-state index in [0.29, 0.717) is 5.92 Å². The van der Waals surface area contributed by atoms with E-state index >= 15 is 0 Å². The van der Waals surface area contributed by atoms with Crippen molar-refractivity contribution in [3.05, 3.63) is 35.1 Å². The van der Waals surface area contributed by atoms with Crippen molar-refractivity contribution in [2.24, 2.45) is 11.3 Å². The first-order chi connectivity index (χ1) is 7.85. The summed E-state index contributed by atoms with van der Waals surface area (Å²) in [4.78, 5) is 11.8. The first-order valence-electron chi connectivity index (χ1n) is 6.17. The van der Waals surface area contributed by atoms with Gasteiger partial charge in [0.05, 0.1) is 0 Å². The lowest BCUT2D eigenvalue weighted by molar-refractivity contribution is -0.115. The first kappa shape index (κ1) is 12.2. The van der Waals surface area contributed by atoms with Gasteiger partial charge in [0.2, 0.25) is 5.78 Å². The van der Waals surface area contributed by atoms with E-state index in [1.165, 1.54) is 11.1 Å². The van der Waals surface area contributed by atoms with Gasteiger partial charge in [0, 0.05) is 11.0 Å². The molecule has 0 aromatic rings. The minimum atomic E-state index is -0.208. The number of Topliss-reactive ketones (excluding diaryl/α,β-unsaturated/α-hetero) is 1. The Morgan fingerprint density at radius 1 is 1.59 bits per heavy atom. The molecule has 0 bridgehead atoms. The second-order valence-electron chi connectivity index (χ2n) is 5.67. The molecule has 0 aromatic heterocycles. The number of aliphatic hydroxyl groups is 1. The van der Waals surface area contributed by atoms with Crippen LogP contribution in [0.1, 0.15) is 40.0 Å². The van der Waals surface area contributed by atoms with Crippen molar-refractivity contribution in [3.8, 4) is 0 Å². The average molecular weight is 232 g/mol. The third-order valence-electron chi connectivity index (χ3n) is 4.33. The fourth-order valence-corrected chi connectivity index (χ4v) is 3.06. The number of ketones is 1. The predicted octanol–water partition coefficient (Wildman–Crippen LogP) is 3.71. The number of rotatable bonds is 1. The van der Waals surface area contributed by atoms with Crippen molar-refractivity contribution in [1.82, 2.24) is 0 Å². The fourth-order valence-electron chi connectivity index (χ4n) is 3.06. The van der Waals surface area contributed by atoms with Crippen molar-refractivity contribution in [2.45, 2.75) is 40.0 Å². The highest BCUT2D eigenvalue weighted by atomic mass is 16.3. The Balaban J connectivity index is 2.41. The average Bonchev–Trinajstić information content (AvgIpc) is 2.25. The normalized spacial score (nSPS) is 33.2. The highest BCUT2D eigenvalue weighted by Crippen LogP contribution is 2.49. The number of hydrogen-bond acceptors (Lipinski definition) is 2. The summed E-state index contributed by atoms with van der Waals surface area (Å²) >= 11 is 0. The maximum absolute atomic E-state index is 11.8. The minimum absolute atomic E-state index is 0.0810. The number of fused-ring (bicyclic) bond motifs is 1. The van der Waals surface area contributed by atoms with E-state index in [9.17, 15) is 9.90 Å². The zero-order chi connectivity index (χ0) is 12.8. The standard InChI is InChI=1S/C15H20O2/c1-9(2)11-5-6-15(4)8-13(16)14(17)10(3)12(15)7-11/h8,11,16H,1,5-7H2,2-4H3. The van der Waals surface area contributed by atoms with E-state index in [4.69, 9.17) is 0 Å². The molecule has 92 valence electrons. The van der Waals surface area contributed by atoms with Gasteiger partial charge in [-0.25, -0.2) is 0 Å². The third-order valence-corrected chi connectivity index (χ3v) is 4.33. The lowest BCUT2D eigenvalue weighted by atomic mass is 9.63. The number of allylic oxidation sites excluding steroid dienone is 4. The van der Waals surface area contributed by atoms with Gasteiger partial charge in [-0.05, 0) is 45.1 Å². The second kappa shape index (κ2) is 3.86. The molecule has 0 amide bonds. The topological polar surface area (TPSA) is 37.3 Å². The molecule has 0 aliphatic heterocycles. The molecule has 2 heteroatoms. The molecule has 0 spiro atoms. The van der Waals surface area contributed by atoms with Gasteiger partial charge in [-0.2, -0.15) is 0 Å². The van der Waals surface area contributed by atoms with Gasteiger partial charge in [0.1, 0.15) is 0 Å². The Morgan fingerprint density at radius 3 is 2.82 bits per heavy atom. The fraction of sp³-hybridized carbons (Fsp3) is 0.533. The summed E-state index contributed by atoms with van der Waals surface area (Å²) in [5.74, 6) is 0.192. The van der Waals surface area contributed by atoms with Crippen LogP contribution in [0.4, 0.5) is 0 Å². The molecule has 0 saturated heterocycles. The molecular weight excluding hydrogens is 212 g/mol. The third kappa shape index (κ3) is 1.86. The van der Waals surface area contributed by atoms with Crippen molar-refractivity contribution >= 4 is 5.78 Å². The largest absolute Gasteiger partial charge is 0.504 e. The van der Waals surface area contributed by atoms with Gasteiger partial charge < -0.3 is 5.11 Å². The van der Waals surface area contributed by atoms with Crippen LogP contribution >= 0.6 is 0 Å². The molecule has 2 rings (SSSR count). The molecule has 1 fully saturated rings. The quantitative estimate of drug-likeness (QED) is 0.700. The van der Waals surface area contributed by atoms with Crippen molar-refractivity contribution in [2.75, 3.05) is 0 Å². The van der Waals surface area contributed by atoms with Gasteiger partial charge in [0.25, 0.3) is 0 Å². The highest BCUT2D eigenvalue weighted by Gasteiger charge is 2.40. The van der Waals surface area contributed by atoms with Crippen LogP contribution in [0.25, 0.3) is 0 Å². The highest BCUT2D eigenvalue weighted by molar-refractivity contribution is 6.08. The predicted molar refractivity (Wildman–Crippen MR) is 68.7 cm³/mol. The number of carbonyl (C=O) groups is 1. The molecule has 1 N–H and O–H groups in total. The Kier molecular flexibility index (Phi) is 2.76. The van der Waals surface area contributed by atoms with E-state index in [1.54, 1.807) is 6.08 Å². The summed E-state index contributed by atoms with van der Waals surface area (Å²) in [5.41, 5.74) is 2.99. The zero-order valence-corrected chi connectivity index (χ0v) is 10.8. The maximum atomic E-state index is 11.8. The Bertz CT molecular complexity index is 454. The van der Waals surface area contributed by atoms with Crippen LogP contribution in [0.5, 0.6) is 0 Å². The first-order valence-corrected chi connectivity index (χ1v) is 6.17. The van der Waals surface area contributed by atoms with Gasteiger partial charge in [-0.3, -0.25) is 4.79 Å². The Morgan fingerprint density at radius 2 is 2.24 bits per heavy atom. The molecule has 0 aromatic carbocycles. The minimum Gasteiger partial charge on any atom is -0.504 e. The molecule has 2 aliphatic carbocycles. The van der Waals surface area contributed by atoms with Crippen LogP contribution < -0.4 is 0 Å². The maximum Gasteiger partial charge on any atom is 0.222 e. The monoisotopic (exact) mass is 232 g/mol. The van der Waals surface area contributed by atoms with Crippen LogP contribution in [-0.2, 0) is 4.79 Å². The molecule has 2 nitrogen and oxygen atoms in total. The van der Waals surface area contributed by atoms with Crippen LogP contribution in [0.3, 0.4) is 0 Å². The van der Waals surface area contributed by atoms with Crippen molar-refractivity contribution in [3.63, 3.8) is 0 Å². The lowest BCUT2D eigenvalue weighted by Gasteiger charge is -2.41. The summed E-state index contributed by atoms with van der Waals surface area (Å²) in [6, 6.07) is 0. The molecule has 1 saturated carbocycles.